The monoisotopic (exact) mass is 472 g/mol. The number of nitrogens with zero attached hydrogens (tertiary/aromatic N) is 3. The van der Waals surface area contributed by atoms with Gasteiger partial charge in [-0.3, -0.25) is 14.3 Å². The fraction of sp³-hybridized carbons (Fsp3) is 0.409. The lowest BCUT2D eigenvalue weighted by Gasteiger charge is -2.39. The number of ether oxygens (including phenoxy) is 2. The molecule has 1 aromatic carbocycles. The molecule has 34 heavy (non-hydrogen) atoms. The van der Waals surface area contributed by atoms with Crippen molar-refractivity contribution in [3.8, 4) is 0 Å². The molecule has 0 fully saturated rings. The number of fused-ring (bicyclic) bond motifs is 1. The van der Waals surface area contributed by atoms with Gasteiger partial charge in [-0.1, -0.05) is 50.6 Å². The number of carbonyl (C=O) groups excluding carboxylic acids is 1. The fourth-order valence-corrected chi connectivity index (χ4v) is 3.70. The van der Waals surface area contributed by atoms with E-state index < -0.39 is 35.2 Å². The Morgan fingerprint density at radius 2 is 2.00 bits per heavy atom. The molecule has 3 rings (SSSR count). The largest absolute Gasteiger partial charge is 0.479 e. The van der Waals surface area contributed by atoms with E-state index in [0.717, 1.165) is 5.56 Å². The zero-order valence-corrected chi connectivity index (χ0v) is 19.1. The number of alkyl carbamates (subject to hydrolysis) is 1. The van der Waals surface area contributed by atoms with E-state index in [1.54, 1.807) is 26.0 Å². The second-order valence-corrected chi connectivity index (χ2v) is 7.95. The average molecular weight is 473 g/mol. The number of hydrogen-bond acceptors (Lipinski definition) is 8. The molecule has 12 nitrogen and oxygen atoms in total. The summed E-state index contributed by atoms with van der Waals surface area (Å²) >= 11 is 0. The minimum Gasteiger partial charge on any atom is -0.479 e. The van der Waals surface area contributed by atoms with E-state index in [1.165, 1.54) is 10.9 Å². The second-order valence-electron chi connectivity index (χ2n) is 7.95. The van der Waals surface area contributed by atoms with Crippen LogP contribution in [0.4, 0.5) is 10.7 Å². The van der Waals surface area contributed by atoms with Crippen molar-refractivity contribution in [1.29, 1.82) is 0 Å². The van der Waals surface area contributed by atoms with E-state index in [0.29, 0.717) is 6.42 Å². The summed E-state index contributed by atoms with van der Waals surface area (Å²) in [6.45, 7) is 4.88. The third-order valence-electron chi connectivity index (χ3n) is 5.86. The molecule has 0 saturated carbocycles. The van der Waals surface area contributed by atoms with E-state index >= 15 is 0 Å². The highest BCUT2D eigenvalue weighted by Gasteiger charge is 2.50. The summed E-state index contributed by atoms with van der Waals surface area (Å²) in [6, 6.07) is 9.04. The summed E-state index contributed by atoms with van der Waals surface area (Å²) in [4.78, 5) is 47.5. The van der Waals surface area contributed by atoms with Gasteiger partial charge in [0.1, 0.15) is 13.3 Å². The van der Waals surface area contributed by atoms with E-state index in [2.05, 4.69) is 20.3 Å². The van der Waals surface area contributed by atoms with Crippen molar-refractivity contribution >= 4 is 29.2 Å². The van der Waals surface area contributed by atoms with Gasteiger partial charge in [0.25, 0.3) is 5.56 Å². The second kappa shape index (κ2) is 10.3. The number of carboxylic acid groups (broad SMARTS) is 1. The number of hydrogen-bond donors (Lipinski definition) is 4. The number of aromatic amines is 1. The molecule has 0 saturated heterocycles. The molecule has 2 unspecified atom stereocenters. The summed E-state index contributed by atoms with van der Waals surface area (Å²) in [5.74, 6) is -1.87. The highest BCUT2D eigenvalue weighted by Crippen LogP contribution is 2.28. The van der Waals surface area contributed by atoms with Crippen LogP contribution in [0.25, 0.3) is 11.2 Å². The van der Waals surface area contributed by atoms with Gasteiger partial charge in [-0.2, -0.15) is 4.98 Å². The molecule has 5 N–H and O–H groups in total. The maximum atomic E-state index is 12.6. The van der Waals surface area contributed by atoms with Crippen LogP contribution in [-0.2, 0) is 27.6 Å². The summed E-state index contributed by atoms with van der Waals surface area (Å²) in [5, 5.41) is 12.7. The van der Waals surface area contributed by atoms with Gasteiger partial charge in [0.15, 0.2) is 16.7 Å². The highest BCUT2D eigenvalue weighted by molar-refractivity contribution is 5.85. The summed E-state index contributed by atoms with van der Waals surface area (Å²) in [7, 11) is 0. The average Bonchev–Trinajstić information content (AvgIpc) is 3.22. The Hall–Kier alpha value is -3.93. The van der Waals surface area contributed by atoms with Crippen LogP contribution in [0.1, 0.15) is 32.8 Å². The number of H-pyrrole nitrogens is 1. The summed E-state index contributed by atoms with van der Waals surface area (Å²) < 4.78 is 12.6. The van der Waals surface area contributed by atoms with Gasteiger partial charge in [0, 0.05) is 0 Å². The molecule has 1 amide bonds. The number of nitrogen functional groups attached to an aromatic ring is 1. The van der Waals surface area contributed by atoms with Crippen molar-refractivity contribution in [3.05, 3.63) is 52.6 Å². The number of nitrogens with one attached hydrogen (secondary N) is 2. The van der Waals surface area contributed by atoms with Gasteiger partial charge in [-0.25, -0.2) is 14.6 Å². The van der Waals surface area contributed by atoms with Crippen LogP contribution < -0.4 is 16.6 Å². The normalized spacial score (nSPS) is 14.8. The number of amides is 1. The standard InChI is InChI=1S/C22H28N6O6/c1-4-13(2)22(19(30)31,27-21(32)33-10-15-8-6-5-7-9-15)14(3)34-12-28-11-24-16-17(28)25-20(23)26-18(16)29/h5-9,11,13-14H,4,10,12H2,1-3H3,(H,27,32)(H,30,31)(H3,23,25,26,29)/t13?,14?,22-/m1/s1. The summed E-state index contributed by atoms with van der Waals surface area (Å²) in [6.07, 6.45) is -0.0932. The maximum absolute atomic E-state index is 12.6. The first-order valence-corrected chi connectivity index (χ1v) is 10.7. The summed E-state index contributed by atoms with van der Waals surface area (Å²) in [5.41, 5.74) is 4.34. The number of carboxylic acids is 1. The molecule has 182 valence electrons. The predicted octanol–water partition coefficient (Wildman–Crippen LogP) is 1.86. The van der Waals surface area contributed by atoms with Crippen molar-refractivity contribution < 1.29 is 24.2 Å². The number of nitrogens with two attached hydrogens (primary N) is 1. The van der Waals surface area contributed by atoms with Gasteiger partial charge < -0.3 is 25.6 Å². The zero-order chi connectivity index (χ0) is 24.9. The Morgan fingerprint density at radius 3 is 2.65 bits per heavy atom. The Bertz CT molecular complexity index is 1210. The molecule has 2 aromatic heterocycles. The lowest BCUT2D eigenvalue weighted by molar-refractivity contribution is -0.158. The minimum absolute atomic E-state index is 0.0131. The lowest BCUT2D eigenvalue weighted by Crippen LogP contribution is -2.65. The van der Waals surface area contributed by atoms with Gasteiger partial charge >= 0.3 is 12.1 Å². The topological polar surface area (TPSA) is 174 Å². The number of anilines is 1. The first-order valence-electron chi connectivity index (χ1n) is 10.7. The fourth-order valence-electron chi connectivity index (χ4n) is 3.70. The number of aromatic nitrogens is 4. The molecular weight excluding hydrogens is 444 g/mol. The first kappa shape index (κ1) is 24.7. The maximum Gasteiger partial charge on any atom is 0.408 e. The van der Waals surface area contributed by atoms with Crippen molar-refractivity contribution in [2.24, 2.45) is 5.92 Å². The third-order valence-corrected chi connectivity index (χ3v) is 5.86. The van der Waals surface area contributed by atoms with Gasteiger partial charge in [-0.15, -0.1) is 0 Å². The molecule has 0 radical (unpaired) electrons. The van der Waals surface area contributed by atoms with Crippen molar-refractivity contribution in [3.63, 3.8) is 0 Å². The number of carbonyl (C=O) groups is 2. The Kier molecular flexibility index (Phi) is 7.51. The molecule has 2 heterocycles. The number of benzene rings is 1. The molecule has 0 aliphatic carbocycles. The zero-order valence-electron chi connectivity index (χ0n) is 19.1. The van der Waals surface area contributed by atoms with Crippen LogP contribution in [0.3, 0.4) is 0 Å². The lowest BCUT2D eigenvalue weighted by atomic mass is 9.79. The molecule has 0 aliphatic rings. The molecule has 3 aromatic rings. The SMILES string of the molecule is CCC(C)[C@](NC(=O)OCc1ccccc1)(C(=O)O)C(C)OCn1cnc2c(=O)[nH]c(N)nc21. The Balaban J connectivity index is 1.79. The third kappa shape index (κ3) is 5.01. The van der Waals surface area contributed by atoms with Gasteiger partial charge in [0.2, 0.25) is 5.95 Å². The molecular formula is C22H28N6O6. The quantitative estimate of drug-likeness (QED) is 0.343. The highest BCUT2D eigenvalue weighted by atomic mass is 16.6. The van der Waals surface area contributed by atoms with Gasteiger partial charge in [0.05, 0.1) is 12.4 Å². The van der Waals surface area contributed by atoms with Crippen molar-refractivity contribution in [2.45, 2.75) is 52.2 Å². The van der Waals surface area contributed by atoms with E-state index in [1.807, 2.05) is 25.1 Å². The van der Waals surface area contributed by atoms with Crippen molar-refractivity contribution in [2.75, 3.05) is 5.73 Å². The molecule has 0 aliphatic heterocycles. The molecule has 0 spiro atoms. The predicted molar refractivity (Wildman–Crippen MR) is 123 cm³/mol. The van der Waals surface area contributed by atoms with Crippen LogP contribution in [0, 0.1) is 5.92 Å². The van der Waals surface area contributed by atoms with Crippen LogP contribution >= 0.6 is 0 Å². The van der Waals surface area contributed by atoms with Gasteiger partial charge in [-0.05, 0) is 18.4 Å². The van der Waals surface area contributed by atoms with E-state index in [-0.39, 0.29) is 30.4 Å². The van der Waals surface area contributed by atoms with Crippen molar-refractivity contribution in [1.82, 2.24) is 24.8 Å². The van der Waals surface area contributed by atoms with E-state index in [9.17, 15) is 19.5 Å². The van der Waals surface area contributed by atoms with Crippen LogP contribution in [0.5, 0.6) is 0 Å². The molecule has 0 bridgehead atoms. The smallest absolute Gasteiger partial charge is 0.408 e. The van der Waals surface area contributed by atoms with E-state index in [4.69, 9.17) is 15.2 Å². The number of imidazole rings is 1. The van der Waals surface area contributed by atoms with Crippen LogP contribution in [0.2, 0.25) is 0 Å². The minimum atomic E-state index is -1.79. The first-order chi connectivity index (χ1) is 16.2. The molecule has 3 atom stereocenters. The van der Waals surface area contributed by atoms with Crippen LogP contribution in [-0.4, -0.2) is 48.3 Å². The molecule has 12 heteroatoms. The van der Waals surface area contributed by atoms with Crippen LogP contribution in [0.15, 0.2) is 41.5 Å². The Morgan fingerprint density at radius 1 is 1.29 bits per heavy atom. The number of aliphatic carboxylic acids is 1. The Labute approximate surface area is 195 Å². The number of rotatable bonds is 10.